The highest BCUT2D eigenvalue weighted by molar-refractivity contribution is 6.07. The Balaban J connectivity index is 2.62. The number of aromatic amines is 1. The molecule has 80 valence electrons. The lowest BCUT2D eigenvalue weighted by molar-refractivity contribution is 0.100. The van der Waals surface area contributed by atoms with Crippen molar-refractivity contribution in [3.63, 3.8) is 0 Å². The van der Waals surface area contributed by atoms with Gasteiger partial charge in [0.15, 0.2) is 0 Å². The van der Waals surface area contributed by atoms with E-state index in [9.17, 15) is 4.79 Å². The Morgan fingerprint density at radius 3 is 3.06 bits per heavy atom. The van der Waals surface area contributed by atoms with Crippen LogP contribution in [0.15, 0.2) is 29.5 Å². The summed E-state index contributed by atoms with van der Waals surface area (Å²) in [6.45, 7) is 0. The van der Waals surface area contributed by atoms with Crippen LogP contribution in [-0.4, -0.2) is 18.0 Å². The van der Waals surface area contributed by atoms with Crippen LogP contribution < -0.4 is 4.74 Å². The van der Waals surface area contributed by atoms with Crippen LogP contribution in [0.4, 0.5) is 0 Å². The lowest BCUT2D eigenvalue weighted by atomic mass is 10.1. The van der Waals surface area contributed by atoms with E-state index in [0.29, 0.717) is 16.7 Å². The van der Waals surface area contributed by atoms with Crippen molar-refractivity contribution >= 4 is 16.8 Å². The SMILES string of the molecule is COc1ccc2[nH]cc(C(=O)N=[N+]=[N-])c2c1. The van der Waals surface area contributed by atoms with Crippen molar-refractivity contribution in [2.75, 3.05) is 7.11 Å². The third-order valence-corrected chi connectivity index (χ3v) is 2.25. The van der Waals surface area contributed by atoms with Crippen molar-refractivity contribution in [3.8, 4) is 5.75 Å². The molecular formula is C10H8N4O2. The van der Waals surface area contributed by atoms with Crippen molar-refractivity contribution in [3.05, 3.63) is 40.4 Å². The molecule has 16 heavy (non-hydrogen) atoms. The minimum absolute atomic E-state index is 0.340. The molecule has 1 aromatic heterocycles. The van der Waals surface area contributed by atoms with Crippen LogP contribution in [0.25, 0.3) is 21.3 Å². The van der Waals surface area contributed by atoms with Gasteiger partial charge in [0.2, 0.25) is 0 Å². The molecule has 1 N–H and O–H groups in total. The molecule has 0 unspecified atom stereocenters. The minimum atomic E-state index is -0.609. The number of fused-ring (bicyclic) bond motifs is 1. The van der Waals surface area contributed by atoms with E-state index >= 15 is 0 Å². The second-order valence-corrected chi connectivity index (χ2v) is 3.11. The summed E-state index contributed by atoms with van der Waals surface area (Å²) in [6.07, 6.45) is 1.52. The van der Waals surface area contributed by atoms with Crippen molar-refractivity contribution in [1.29, 1.82) is 0 Å². The molecule has 1 aromatic carbocycles. The standard InChI is InChI=1S/C10H8N4O2/c1-16-6-2-3-9-7(4-6)8(5-12-9)10(15)13-14-11/h2-5,12H,1H3. The lowest BCUT2D eigenvalue weighted by Gasteiger charge is -1.99. The van der Waals surface area contributed by atoms with E-state index < -0.39 is 5.91 Å². The molecular weight excluding hydrogens is 208 g/mol. The van der Waals surface area contributed by atoms with Gasteiger partial charge >= 0.3 is 0 Å². The Morgan fingerprint density at radius 2 is 2.38 bits per heavy atom. The summed E-state index contributed by atoms with van der Waals surface area (Å²) in [5.74, 6) is 0.0316. The van der Waals surface area contributed by atoms with Gasteiger partial charge in [-0.1, -0.05) is 0 Å². The van der Waals surface area contributed by atoms with E-state index in [1.54, 1.807) is 25.3 Å². The average molecular weight is 216 g/mol. The molecule has 0 fully saturated rings. The number of methoxy groups -OCH3 is 1. The van der Waals surface area contributed by atoms with Crippen molar-refractivity contribution in [2.45, 2.75) is 0 Å². The second kappa shape index (κ2) is 3.96. The molecule has 6 nitrogen and oxygen atoms in total. The molecule has 0 aliphatic rings. The van der Waals surface area contributed by atoms with E-state index in [-0.39, 0.29) is 0 Å². The van der Waals surface area contributed by atoms with Crippen LogP contribution in [0, 0.1) is 0 Å². The van der Waals surface area contributed by atoms with Gasteiger partial charge in [-0.15, -0.1) is 0 Å². The maximum absolute atomic E-state index is 11.4. The zero-order valence-corrected chi connectivity index (χ0v) is 8.47. The zero-order chi connectivity index (χ0) is 11.5. The summed E-state index contributed by atoms with van der Waals surface area (Å²) < 4.78 is 5.06. The molecule has 0 aliphatic heterocycles. The first-order valence-electron chi connectivity index (χ1n) is 4.51. The van der Waals surface area contributed by atoms with Gasteiger partial charge in [0, 0.05) is 27.6 Å². The molecule has 0 saturated heterocycles. The predicted molar refractivity (Wildman–Crippen MR) is 58.3 cm³/mol. The van der Waals surface area contributed by atoms with Gasteiger partial charge in [0.1, 0.15) is 5.75 Å². The molecule has 0 spiro atoms. The van der Waals surface area contributed by atoms with E-state index in [1.807, 2.05) is 0 Å². The fourth-order valence-corrected chi connectivity index (χ4v) is 1.50. The number of hydrogen-bond donors (Lipinski definition) is 1. The molecule has 1 heterocycles. The molecule has 0 radical (unpaired) electrons. The average Bonchev–Trinajstić information content (AvgIpc) is 2.71. The van der Waals surface area contributed by atoms with Crippen LogP contribution in [-0.2, 0) is 0 Å². The van der Waals surface area contributed by atoms with E-state index in [4.69, 9.17) is 10.3 Å². The van der Waals surface area contributed by atoms with Gasteiger partial charge in [0.25, 0.3) is 5.91 Å². The van der Waals surface area contributed by atoms with Crippen molar-refractivity contribution in [2.24, 2.45) is 5.11 Å². The number of azide groups is 1. The number of nitrogens with zero attached hydrogens (tertiary/aromatic N) is 3. The summed E-state index contributed by atoms with van der Waals surface area (Å²) >= 11 is 0. The number of H-pyrrole nitrogens is 1. The maximum atomic E-state index is 11.4. The highest BCUT2D eigenvalue weighted by Gasteiger charge is 2.10. The number of nitrogens with one attached hydrogen (secondary N) is 1. The number of rotatable bonds is 2. The van der Waals surface area contributed by atoms with Crippen molar-refractivity contribution < 1.29 is 9.53 Å². The highest BCUT2D eigenvalue weighted by Crippen LogP contribution is 2.24. The number of carbonyl (C=O) groups is 1. The smallest absolute Gasteiger partial charge is 0.251 e. The number of carbonyl (C=O) groups excluding carboxylic acids is 1. The molecule has 0 aliphatic carbocycles. The molecule has 1 amide bonds. The third kappa shape index (κ3) is 1.57. The molecule has 2 aromatic rings. The second-order valence-electron chi connectivity index (χ2n) is 3.11. The number of hydrogen-bond acceptors (Lipinski definition) is 2. The minimum Gasteiger partial charge on any atom is -0.497 e. The normalized spacial score (nSPS) is 9.81. The quantitative estimate of drug-likeness (QED) is 0.474. The summed E-state index contributed by atoms with van der Waals surface area (Å²) in [5.41, 5.74) is 9.34. The summed E-state index contributed by atoms with van der Waals surface area (Å²) in [7, 11) is 1.54. The van der Waals surface area contributed by atoms with Gasteiger partial charge in [-0.25, -0.2) is 0 Å². The van der Waals surface area contributed by atoms with Crippen LogP contribution >= 0.6 is 0 Å². The summed E-state index contributed by atoms with van der Waals surface area (Å²) in [6, 6.07) is 5.29. The van der Waals surface area contributed by atoms with Gasteiger partial charge < -0.3 is 9.72 Å². The van der Waals surface area contributed by atoms with Gasteiger partial charge in [-0.3, -0.25) is 4.79 Å². The van der Waals surface area contributed by atoms with Gasteiger partial charge in [-0.2, -0.15) is 0 Å². The lowest BCUT2D eigenvalue weighted by Crippen LogP contribution is -1.91. The van der Waals surface area contributed by atoms with Crippen molar-refractivity contribution in [1.82, 2.24) is 4.98 Å². The number of amides is 1. The van der Waals surface area contributed by atoms with Gasteiger partial charge in [-0.05, 0) is 28.8 Å². The number of ether oxygens (including phenoxy) is 1. The Morgan fingerprint density at radius 1 is 1.56 bits per heavy atom. The molecule has 6 heteroatoms. The Labute approximate surface area is 90.5 Å². The fourth-order valence-electron chi connectivity index (χ4n) is 1.50. The maximum Gasteiger partial charge on any atom is 0.251 e. The topological polar surface area (TPSA) is 90.9 Å². The molecule has 2 rings (SSSR count). The van der Waals surface area contributed by atoms with Gasteiger partial charge in [0.05, 0.1) is 7.11 Å². The van der Waals surface area contributed by atoms with E-state index in [2.05, 4.69) is 15.0 Å². The first-order valence-corrected chi connectivity index (χ1v) is 4.51. The number of aromatic nitrogens is 1. The van der Waals surface area contributed by atoms with E-state index in [0.717, 1.165) is 5.52 Å². The molecule has 0 saturated carbocycles. The zero-order valence-electron chi connectivity index (χ0n) is 8.47. The third-order valence-electron chi connectivity index (χ3n) is 2.25. The van der Waals surface area contributed by atoms with Crippen LogP contribution in [0.3, 0.4) is 0 Å². The Hall–Kier alpha value is -2.46. The first-order chi connectivity index (χ1) is 7.76. The largest absolute Gasteiger partial charge is 0.497 e. The van der Waals surface area contributed by atoms with Crippen LogP contribution in [0.2, 0.25) is 0 Å². The van der Waals surface area contributed by atoms with Crippen LogP contribution in [0.5, 0.6) is 5.75 Å². The fraction of sp³-hybridized carbons (Fsp3) is 0.100. The monoisotopic (exact) mass is 216 g/mol. The first kappa shape index (κ1) is 10.1. The molecule has 0 bridgehead atoms. The summed E-state index contributed by atoms with van der Waals surface area (Å²) in [5, 5.41) is 3.73. The van der Waals surface area contributed by atoms with E-state index in [1.165, 1.54) is 6.20 Å². The Kier molecular flexibility index (Phi) is 2.49. The highest BCUT2D eigenvalue weighted by atomic mass is 16.5. The summed E-state index contributed by atoms with van der Waals surface area (Å²) in [4.78, 5) is 16.8. The van der Waals surface area contributed by atoms with Crippen LogP contribution in [0.1, 0.15) is 10.4 Å². The predicted octanol–water partition coefficient (Wildman–Crippen LogP) is 2.63. The number of benzene rings is 1. The molecule has 0 atom stereocenters. The Bertz CT molecular complexity index is 596.